The number of sulfonamides is 1. The number of aromatic nitrogens is 2. The minimum Gasteiger partial charge on any atom is -0.327 e. The molecule has 2 aromatic carbocycles. The highest BCUT2D eigenvalue weighted by atomic mass is 32.2. The van der Waals surface area contributed by atoms with Gasteiger partial charge in [0.15, 0.2) is 0 Å². The van der Waals surface area contributed by atoms with E-state index in [4.69, 9.17) is 0 Å². The molecule has 7 heteroatoms. The van der Waals surface area contributed by atoms with E-state index in [-0.39, 0.29) is 5.16 Å². The van der Waals surface area contributed by atoms with Crippen molar-refractivity contribution in [1.82, 2.24) is 15.3 Å². The molecule has 1 unspecified atom stereocenters. The fourth-order valence-electron chi connectivity index (χ4n) is 4.48. The van der Waals surface area contributed by atoms with E-state index < -0.39 is 10.0 Å². The molecular weight excluding hydrogens is 408 g/mol. The van der Waals surface area contributed by atoms with E-state index in [1.165, 1.54) is 38.5 Å². The highest BCUT2D eigenvalue weighted by molar-refractivity contribution is 7.92. The Morgan fingerprint density at radius 3 is 2.71 bits per heavy atom. The number of imidazole rings is 1. The first kappa shape index (κ1) is 21.8. The first-order valence-electron chi connectivity index (χ1n) is 11.2. The number of para-hydroxylation sites is 1. The summed E-state index contributed by atoms with van der Waals surface area (Å²) in [5, 5.41) is 3.51. The number of H-pyrrole nitrogens is 1. The van der Waals surface area contributed by atoms with Crippen molar-refractivity contribution in [3.63, 3.8) is 0 Å². The molecule has 3 N–H and O–H groups in total. The van der Waals surface area contributed by atoms with Gasteiger partial charge in [0, 0.05) is 12.6 Å². The van der Waals surface area contributed by atoms with Gasteiger partial charge in [0.2, 0.25) is 5.16 Å². The quantitative estimate of drug-likeness (QED) is 0.454. The summed E-state index contributed by atoms with van der Waals surface area (Å²) in [5.74, 6) is 0.807. The predicted molar refractivity (Wildman–Crippen MR) is 126 cm³/mol. The van der Waals surface area contributed by atoms with Crippen molar-refractivity contribution < 1.29 is 8.42 Å². The third-order valence-electron chi connectivity index (χ3n) is 6.19. The molecule has 1 aliphatic rings. The Morgan fingerprint density at radius 2 is 1.90 bits per heavy atom. The van der Waals surface area contributed by atoms with Crippen molar-refractivity contribution in [2.75, 3.05) is 4.72 Å². The third kappa shape index (κ3) is 5.46. The van der Waals surface area contributed by atoms with Crippen LogP contribution >= 0.6 is 0 Å². The molecule has 1 aromatic heterocycles. The predicted octanol–water partition coefficient (Wildman–Crippen LogP) is 5.12. The van der Waals surface area contributed by atoms with Crippen LogP contribution in [0, 0.1) is 12.8 Å². The van der Waals surface area contributed by atoms with Gasteiger partial charge in [0.25, 0.3) is 10.0 Å². The Bertz CT molecular complexity index is 1130. The van der Waals surface area contributed by atoms with E-state index in [0.717, 1.165) is 17.0 Å². The molecular formula is C24H32N4O2S. The second-order valence-electron chi connectivity index (χ2n) is 8.85. The summed E-state index contributed by atoms with van der Waals surface area (Å²) in [7, 11) is -3.82. The molecule has 31 heavy (non-hydrogen) atoms. The number of hydrogen-bond donors (Lipinski definition) is 3. The summed E-state index contributed by atoms with van der Waals surface area (Å²) in [6.07, 6.45) is 7.91. The average Bonchev–Trinajstić information content (AvgIpc) is 3.18. The van der Waals surface area contributed by atoms with Crippen molar-refractivity contribution in [1.29, 1.82) is 0 Å². The largest absolute Gasteiger partial charge is 0.327 e. The van der Waals surface area contributed by atoms with E-state index in [1.807, 2.05) is 43.3 Å². The molecule has 1 saturated carbocycles. The van der Waals surface area contributed by atoms with Gasteiger partial charge < -0.3 is 10.3 Å². The molecule has 0 spiro atoms. The Labute approximate surface area is 184 Å². The lowest BCUT2D eigenvalue weighted by atomic mass is 9.85. The van der Waals surface area contributed by atoms with E-state index >= 15 is 0 Å². The number of rotatable bonds is 8. The minimum atomic E-state index is -3.82. The maximum absolute atomic E-state index is 13.0. The zero-order chi connectivity index (χ0) is 21.8. The second-order valence-corrected chi connectivity index (χ2v) is 10.4. The zero-order valence-electron chi connectivity index (χ0n) is 18.3. The van der Waals surface area contributed by atoms with Crippen LogP contribution in [0.2, 0.25) is 0 Å². The minimum absolute atomic E-state index is 0.0680. The van der Waals surface area contributed by atoms with Crippen LogP contribution in [0.4, 0.5) is 5.69 Å². The summed E-state index contributed by atoms with van der Waals surface area (Å²) in [6, 6.07) is 13.6. The number of aromatic amines is 1. The molecule has 1 heterocycles. The van der Waals surface area contributed by atoms with Crippen molar-refractivity contribution in [3.8, 4) is 0 Å². The molecule has 4 rings (SSSR count). The number of anilines is 1. The molecule has 0 radical (unpaired) electrons. The lowest BCUT2D eigenvalue weighted by Gasteiger charge is -2.25. The van der Waals surface area contributed by atoms with Crippen LogP contribution < -0.4 is 10.0 Å². The molecule has 6 nitrogen and oxygen atoms in total. The van der Waals surface area contributed by atoms with Gasteiger partial charge in [-0.15, -0.1) is 0 Å². The Balaban J connectivity index is 1.44. The monoisotopic (exact) mass is 440 g/mol. The fourth-order valence-corrected chi connectivity index (χ4v) is 5.53. The summed E-state index contributed by atoms with van der Waals surface area (Å²) >= 11 is 0. The van der Waals surface area contributed by atoms with E-state index in [2.05, 4.69) is 26.9 Å². The Hall–Kier alpha value is -2.38. The van der Waals surface area contributed by atoms with Crippen LogP contribution in [0.25, 0.3) is 11.0 Å². The lowest BCUT2D eigenvalue weighted by Crippen LogP contribution is -2.29. The number of fused-ring (bicyclic) bond motifs is 1. The average molecular weight is 441 g/mol. The molecule has 166 valence electrons. The summed E-state index contributed by atoms with van der Waals surface area (Å²) < 4.78 is 28.7. The molecule has 1 fully saturated rings. The molecule has 0 aliphatic heterocycles. The van der Waals surface area contributed by atoms with Crippen LogP contribution in [-0.4, -0.2) is 24.4 Å². The van der Waals surface area contributed by atoms with E-state index in [0.29, 0.717) is 29.3 Å². The van der Waals surface area contributed by atoms with Gasteiger partial charge in [0.05, 0.1) is 16.7 Å². The van der Waals surface area contributed by atoms with E-state index in [9.17, 15) is 8.42 Å². The normalized spacial score (nSPS) is 16.5. The van der Waals surface area contributed by atoms with Gasteiger partial charge in [-0.1, -0.05) is 56.4 Å². The topological polar surface area (TPSA) is 86.9 Å². The molecule has 0 bridgehead atoms. The number of nitrogens with zero attached hydrogens (tertiary/aromatic N) is 1. The molecule has 0 amide bonds. The van der Waals surface area contributed by atoms with Crippen LogP contribution in [0.3, 0.4) is 0 Å². The van der Waals surface area contributed by atoms with Gasteiger partial charge in [-0.25, -0.2) is 4.98 Å². The standard InChI is InChI=1S/C24H32N4O2S/c1-17-12-13-22-23(14-17)27-24(26-22)31(29,30)28-21-11-7-6-10-20(21)16-25-18(2)15-19-8-4-3-5-9-19/h6-7,10-14,18-19,25,28H,3-5,8-9,15-16H2,1-2H3,(H,26,27). The van der Waals surface area contributed by atoms with Crippen molar-refractivity contribution >= 4 is 26.7 Å². The maximum Gasteiger partial charge on any atom is 0.295 e. The highest BCUT2D eigenvalue weighted by Crippen LogP contribution is 2.27. The summed E-state index contributed by atoms with van der Waals surface area (Å²) in [6.45, 7) is 4.79. The van der Waals surface area contributed by atoms with Gasteiger partial charge in [-0.2, -0.15) is 8.42 Å². The third-order valence-corrected chi connectivity index (χ3v) is 7.38. The summed E-state index contributed by atoms with van der Waals surface area (Å²) in [4.78, 5) is 7.21. The highest BCUT2D eigenvalue weighted by Gasteiger charge is 2.21. The fraction of sp³-hybridized carbons (Fsp3) is 0.458. The van der Waals surface area contributed by atoms with Crippen molar-refractivity contribution in [3.05, 3.63) is 53.6 Å². The van der Waals surface area contributed by atoms with Crippen LogP contribution in [0.5, 0.6) is 0 Å². The first-order chi connectivity index (χ1) is 14.9. The molecule has 0 saturated heterocycles. The Morgan fingerprint density at radius 1 is 1.13 bits per heavy atom. The Kier molecular flexibility index (Phi) is 6.62. The van der Waals surface area contributed by atoms with Gasteiger partial charge in [0.1, 0.15) is 0 Å². The smallest absolute Gasteiger partial charge is 0.295 e. The molecule has 1 atom stereocenters. The lowest BCUT2D eigenvalue weighted by molar-refractivity contribution is 0.305. The summed E-state index contributed by atoms with van der Waals surface area (Å²) in [5.41, 5.74) is 3.89. The molecule has 1 aliphatic carbocycles. The van der Waals surface area contributed by atoms with Crippen molar-refractivity contribution in [2.24, 2.45) is 5.92 Å². The first-order valence-corrected chi connectivity index (χ1v) is 12.7. The SMILES string of the molecule is Cc1ccc2[nH]c(S(=O)(=O)Nc3ccccc3CNC(C)CC3CCCCC3)nc2c1. The van der Waals surface area contributed by atoms with Gasteiger partial charge >= 0.3 is 0 Å². The van der Waals surface area contributed by atoms with Crippen LogP contribution in [-0.2, 0) is 16.6 Å². The van der Waals surface area contributed by atoms with Crippen LogP contribution in [0.1, 0.15) is 56.6 Å². The number of nitrogens with one attached hydrogen (secondary N) is 3. The number of benzene rings is 2. The second kappa shape index (κ2) is 9.40. The van der Waals surface area contributed by atoms with Gasteiger partial charge in [-0.05, 0) is 55.5 Å². The van der Waals surface area contributed by atoms with E-state index in [1.54, 1.807) is 6.07 Å². The van der Waals surface area contributed by atoms with Gasteiger partial charge in [-0.3, -0.25) is 4.72 Å². The van der Waals surface area contributed by atoms with Crippen molar-refractivity contribution in [2.45, 2.75) is 70.1 Å². The number of aryl methyl sites for hydroxylation is 1. The molecule has 3 aromatic rings. The maximum atomic E-state index is 13.0. The zero-order valence-corrected chi connectivity index (χ0v) is 19.1. The van der Waals surface area contributed by atoms with Crippen LogP contribution in [0.15, 0.2) is 47.6 Å². The number of hydrogen-bond acceptors (Lipinski definition) is 4.